The fourth-order valence-electron chi connectivity index (χ4n) is 3.04. The number of rotatable bonds is 2. The molecule has 21 heavy (non-hydrogen) atoms. The predicted octanol–water partition coefficient (Wildman–Crippen LogP) is 3.53. The van der Waals surface area contributed by atoms with Crippen molar-refractivity contribution in [2.24, 2.45) is 5.41 Å². The van der Waals surface area contributed by atoms with Gasteiger partial charge in [-0.3, -0.25) is 4.79 Å². The molecule has 0 aromatic heterocycles. The lowest BCUT2D eigenvalue weighted by Gasteiger charge is -2.39. The highest BCUT2D eigenvalue weighted by Crippen LogP contribution is 2.32. The van der Waals surface area contributed by atoms with Crippen molar-refractivity contribution in [3.8, 4) is 11.5 Å². The molecule has 1 atom stereocenters. The third kappa shape index (κ3) is 3.90. The molecule has 1 amide bonds. The second-order valence-electron chi connectivity index (χ2n) is 7.11. The van der Waals surface area contributed by atoms with Crippen LogP contribution in [0.3, 0.4) is 0 Å². The summed E-state index contributed by atoms with van der Waals surface area (Å²) in [6, 6.07) is 4.38. The molecule has 0 saturated carbocycles. The van der Waals surface area contributed by atoms with Crippen LogP contribution in [-0.4, -0.2) is 33.6 Å². The third-order valence-corrected chi connectivity index (χ3v) is 3.95. The van der Waals surface area contributed by atoms with E-state index in [1.165, 1.54) is 18.2 Å². The van der Waals surface area contributed by atoms with Crippen LogP contribution < -0.4 is 0 Å². The Labute approximate surface area is 126 Å². The molecular weight excluding hydrogens is 266 g/mol. The van der Waals surface area contributed by atoms with Crippen LogP contribution in [0, 0.1) is 5.41 Å². The van der Waals surface area contributed by atoms with Gasteiger partial charge in [0.25, 0.3) is 5.91 Å². The fourth-order valence-corrected chi connectivity index (χ4v) is 3.04. The number of phenolic OH excluding ortho intramolecular Hbond substituents is 2. The molecule has 0 bridgehead atoms. The molecule has 1 heterocycles. The molecule has 1 aliphatic rings. The number of benzene rings is 1. The maximum Gasteiger partial charge on any atom is 0.257 e. The van der Waals surface area contributed by atoms with Crippen molar-refractivity contribution in [1.29, 1.82) is 0 Å². The Kier molecular flexibility index (Phi) is 4.45. The van der Waals surface area contributed by atoms with E-state index in [0.29, 0.717) is 0 Å². The number of carbonyl (C=O) groups excluding carboxylic acids is 1. The summed E-state index contributed by atoms with van der Waals surface area (Å²) in [6.45, 7) is 7.28. The van der Waals surface area contributed by atoms with Gasteiger partial charge in [-0.1, -0.05) is 20.8 Å². The highest BCUT2D eigenvalue weighted by molar-refractivity contribution is 5.97. The van der Waals surface area contributed by atoms with Crippen molar-refractivity contribution in [3.63, 3.8) is 0 Å². The van der Waals surface area contributed by atoms with Crippen molar-refractivity contribution < 1.29 is 15.0 Å². The zero-order valence-corrected chi connectivity index (χ0v) is 13.1. The summed E-state index contributed by atoms with van der Waals surface area (Å²) in [6.07, 6.45) is 4.12. The Balaban J connectivity index is 2.22. The van der Waals surface area contributed by atoms with Crippen molar-refractivity contribution in [3.05, 3.63) is 23.8 Å². The van der Waals surface area contributed by atoms with E-state index in [9.17, 15) is 15.0 Å². The molecule has 1 saturated heterocycles. The first kappa shape index (κ1) is 15.7. The van der Waals surface area contributed by atoms with Crippen LogP contribution in [0.2, 0.25) is 0 Å². The molecule has 4 nitrogen and oxygen atoms in total. The Morgan fingerprint density at radius 1 is 1.29 bits per heavy atom. The first-order valence-electron chi connectivity index (χ1n) is 7.61. The molecule has 1 unspecified atom stereocenters. The maximum absolute atomic E-state index is 12.7. The molecular formula is C17H25NO3. The van der Waals surface area contributed by atoms with Gasteiger partial charge in [-0.05, 0) is 43.2 Å². The maximum atomic E-state index is 12.7. The Morgan fingerprint density at radius 3 is 2.62 bits per heavy atom. The molecule has 1 aromatic rings. The van der Waals surface area contributed by atoms with Gasteiger partial charge >= 0.3 is 0 Å². The molecule has 0 spiro atoms. The van der Waals surface area contributed by atoms with E-state index in [2.05, 4.69) is 20.8 Å². The quantitative estimate of drug-likeness (QED) is 0.876. The minimum Gasteiger partial charge on any atom is -0.508 e. The van der Waals surface area contributed by atoms with E-state index < -0.39 is 0 Å². The molecule has 2 rings (SSSR count). The lowest BCUT2D eigenvalue weighted by Crippen LogP contribution is -2.45. The van der Waals surface area contributed by atoms with Crippen LogP contribution >= 0.6 is 0 Å². The number of hydrogen-bond donors (Lipinski definition) is 2. The van der Waals surface area contributed by atoms with Gasteiger partial charge in [0.1, 0.15) is 11.5 Å². The van der Waals surface area contributed by atoms with Gasteiger partial charge in [0.15, 0.2) is 0 Å². The minimum absolute atomic E-state index is 0.0334. The van der Waals surface area contributed by atoms with E-state index in [1.54, 1.807) is 0 Å². The monoisotopic (exact) mass is 291 g/mol. The minimum atomic E-state index is -0.153. The van der Waals surface area contributed by atoms with Crippen LogP contribution in [0.1, 0.15) is 56.8 Å². The SMILES string of the molecule is CC(C)(C)CC1CCCCN1C(=O)c1ccc(O)cc1O. The second kappa shape index (κ2) is 5.96. The molecule has 1 fully saturated rings. The Hall–Kier alpha value is -1.71. The van der Waals surface area contributed by atoms with Crippen molar-refractivity contribution in [2.75, 3.05) is 6.54 Å². The molecule has 0 aliphatic carbocycles. The van der Waals surface area contributed by atoms with E-state index in [-0.39, 0.29) is 34.4 Å². The number of amides is 1. The van der Waals surface area contributed by atoms with E-state index in [1.807, 2.05) is 4.90 Å². The molecule has 0 radical (unpaired) electrons. The first-order chi connectivity index (χ1) is 9.78. The average Bonchev–Trinajstić information content (AvgIpc) is 2.36. The third-order valence-electron chi connectivity index (χ3n) is 3.95. The van der Waals surface area contributed by atoms with E-state index in [0.717, 1.165) is 32.2 Å². The first-order valence-corrected chi connectivity index (χ1v) is 7.61. The zero-order valence-electron chi connectivity index (χ0n) is 13.1. The molecule has 4 heteroatoms. The summed E-state index contributed by atoms with van der Waals surface area (Å²) in [5.41, 5.74) is 0.436. The van der Waals surface area contributed by atoms with Gasteiger partial charge in [-0.15, -0.1) is 0 Å². The lowest BCUT2D eigenvalue weighted by atomic mass is 9.84. The normalized spacial score (nSPS) is 19.6. The number of hydrogen-bond acceptors (Lipinski definition) is 3. The van der Waals surface area contributed by atoms with Gasteiger partial charge < -0.3 is 15.1 Å². The largest absolute Gasteiger partial charge is 0.508 e. The van der Waals surface area contributed by atoms with Crippen LogP contribution in [0.25, 0.3) is 0 Å². The van der Waals surface area contributed by atoms with E-state index in [4.69, 9.17) is 0 Å². The highest BCUT2D eigenvalue weighted by Gasteiger charge is 2.31. The number of nitrogens with zero attached hydrogens (tertiary/aromatic N) is 1. The lowest BCUT2D eigenvalue weighted by molar-refractivity contribution is 0.0547. The van der Waals surface area contributed by atoms with Crippen LogP contribution in [0.15, 0.2) is 18.2 Å². The second-order valence-corrected chi connectivity index (χ2v) is 7.11. The molecule has 1 aliphatic heterocycles. The van der Waals surface area contributed by atoms with Crippen molar-refractivity contribution in [2.45, 2.75) is 52.5 Å². The number of likely N-dealkylation sites (tertiary alicyclic amines) is 1. The van der Waals surface area contributed by atoms with Crippen LogP contribution in [-0.2, 0) is 0 Å². The van der Waals surface area contributed by atoms with Crippen LogP contribution in [0.5, 0.6) is 11.5 Å². The topological polar surface area (TPSA) is 60.8 Å². The Morgan fingerprint density at radius 2 is 2.00 bits per heavy atom. The molecule has 116 valence electrons. The van der Waals surface area contributed by atoms with Gasteiger partial charge in [0.05, 0.1) is 5.56 Å². The van der Waals surface area contributed by atoms with Gasteiger partial charge in [-0.2, -0.15) is 0 Å². The summed E-state index contributed by atoms with van der Waals surface area (Å²) < 4.78 is 0. The summed E-state index contributed by atoms with van der Waals surface area (Å²) in [7, 11) is 0. The van der Waals surface area contributed by atoms with E-state index >= 15 is 0 Å². The van der Waals surface area contributed by atoms with Gasteiger partial charge in [0, 0.05) is 18.7 Å². The average molecular weight is 291 g/mol. The highest BCUT2D eigenvalue weighted by atomic mass is 16.3. The summed E-state index contributed by atoms with van der Waals surface area (Å²) in [4.78, 5) is 14.6. The van der Waals surface area contributed by atoms with Gasteiger partial charge in [-0.25, -0.2) is 0 Å². The number of piperidine rings is 1. The number of aromatic hydroxyl groups is 2. The summed E-state index contributed by atoms with van der Waals surface area (Å²) >= 11 is 0. The Bertz CT molecular complexity index is 519. The standard InChI is InChI=1S/C17H25NO3/c1-17(2,3)11-12-6-4-5-9-18(12)16(21)14-8-7-13(19)10-15(14)20/h7-8,10,12,19-20H,4-6,9,11H2,1-3H3. The summed E-state index contributed by atoms with van der Waals surface area (Å²) in [5, 5.41) is 19.3. The van der Waals surface area contributed by atoms with Crippen molar-refractivity contribution >= 4 is 5.91 Å². The zero-order chi connectivity index (χ0) is 15.6. The number of phenols is 2. The molecule has 2 N–H and O–H groups in total. The van der Waals surface area contributed by atoms with Crippen molar-refractivity contribution in [1.82, 2.24) is 4.90 Å². The van der Waals surface area contributed by atoms with Gasteiger partial charge in [0.2, 0.25) is 0 Å². The van der Waals surface area contributed by atoms with Crippen LogP contribution in [0.4, 0.5) is 0 Å². The summed E-state index contributed by atoms with van der Waals surface area (Å²) in [5.74, 6) is -0.324. The smallest absolute Gasteiger partial charge is 0.257 e. The fraction of sp³-hybridized carbons (Fsp3) is 0.588. The molecule has 1 aromatic carbocycles. The number of carbonyl (C=O) groups is 1. The predicted molar refractivity (Wildman–Crippen MR) is 82.5 cm³/mol.